The number of benzene rings is 1. The molecule has 0 fully saturated rings. The fraction of sp³-hybridized carbons (Fsp3) is 0.353. The third-order valence-electron chi connectivity index (χ3n) is 3.28. The van der Waals surface area contributed by atoms with Crippen molar-refractivity contribution in [2.24, 2.45) is 0 Å². The highest BCUT2D eigenvalue weighted by Crippen LogP contribution is 2.10. The molecule has 0 heterocycles. The number of hydrogen-bond donors (Lipinski definition) is 2. The second kappa shape index (κ2) is 9.44. The molecule has 0 bridgehead atoms. The van der Waals surface area contributed by atoms with Crippen molar-refractivity contribution in [3.8, 4) is 0 Å². The molecule has 0 spiro atoms. The van der Waals surface area contributed by atoms with Crippen molar-refractivity contribution in [1.82, 2.24) is 10.6 Å². The molecule has 24 heavy (non-hydrogen) atoms. The molecule has 2 amide bonds. The zero-order valence-corrected chi connectivity index (χ0v) is 13.7. The highest BCUT2D eigenvalue weighted by molar-refractivity contribution is 5.90. The summed E-state index contributed by atoms with van der Waals surface area (Å²) in [5, 5.41) is 4.96. The Labute approximate surface area is 140 Å². The Morgan fingerprint density at radius 1 is 1.25 bits per heavy atom. The van der Waals surface area contributed by atoms with Gasteiger partial charge in [-0.25, -0.2) is 9.18 Å². The Bertz CT molecular complexity index is 618. The number of halogens is 1. The van der Waals surface area contributed by atoms with E-state index in [2.05, 4.69) is 21.9 Å². The largest absolute Gasteiger partial charge is 0.467 e. The molecule has 130 valence electrons. The average Bonchev–Trinajstić information content (AvgIpc) is 2.54. The second-order valence-electron chi connectivity index (χ2n) is 5.16. The predicted octanol–water partition coefficient (Wildman–Crippen LogP) is 1.11. The van der Waals surface area contributed by atoms with Gasteiger partial charge in [-0.05, 0) is 18.1 Å². The first-order valence-corrected chi connectivity index (χ1v) is 7.38. The summed E-state index contributed by atoms with van der Waals surface area (Å²) in [6, 6.07) is 4.03. The molecule has 0 saturated carbocycles. The lowest BCUT2D eigenvalue weighted by atomic mass is 10.0. The highest BCUT2D eigenvalue weighted by Gasteiger charge is 2.26. The van der Waals surface area contributed by atoms with Gasteiger partial charge in [0.2, 0.25) is 11.8 Å². The first-order chi connectivity index (χ1) is 11.4. The summed E-state index contributed by atoms with van der Waals surface area (Å²) in [5.74, 6) is -2.15. The van der Waals surface area contributed by atoms with Crippen LogP contribution >= 0.6 is 0 Å². The summed E-state index contributed by atoms with van der Waals surface area (Å²) in [5.41, 5.74) is 0.282. The van der Waals surface area contributed by atoms with Crippen molar-refractivity contribution in [1.29, 1.82) is 0 Å². The van der Waals surface area contributed by atoms with Crippen molar-refractivity contribution in [3.05, 3.63) is 48.3 Å². The van der Waals surface area contributed by atoms with Gasteiger partial charge in [-0.15, -0.1) is 6.58 Å². The van der Waals surface area contributed by atoms with Crippen molar-refractivity contribution < 1.29 is 23.5 Å². The van der Waals surface area contributed by atoms with E-state index in [9.17, 15) is 18.8 Å². The number of ether oxygens (including phenoxy) is 1. The van der Waals surface area contributed by atoms with E-state index < -0.39 is 35.7 Å². The Hall–Kier alpha value is -2.70. The van der Waals surface area contributed by atoms with Gasteiger partial charge in [0.15, 0.2) is 0 Å². The zero-order valence-electron chi connectivity index (χ0n) is 13.7. The van der Waals surface area contributed by atoms with Crippen LogP contribution in [0, 0.1) is 5.82 Å². The third-order valence-corrected chi connectivity index (χ3v) is 3.28. The molecule has 1 aromatic rings. The molecule has 0 radical (unpaired) electrons. The smallest absolute Gasteiger partial charge is 0.328 e. The van der Waals surface area contributed by atoms with Gasteiger partial charge in [-0.3, -0.25) is 9.59 Å². The predicted molar refractivity (Wildman–Crippen MR) is 86.5 cm³/mol. The van der Waals surface area contributed by atoms with Crippen molar-refractivity contribution >= 4 is 17.8 Å². The molecule has 7 heteroatoms. The maximum absolute atomic E-state index is 13.8. The standard InChI is InChI=1S/C17H21FN2O4/c1-4-7-14(17(23)24-3)20-16(22)15(19-11(2)21)10-12-8-5-6-9-13(12)18/h4-6,8-9,14-15H,1,7,10H2,2-3H3,(H,19,21)(H,20,22)/t14-,15-/m0/s1. The molecule has 0 saturated heterocycles. The van der Waals surface area contributed by atoms with Crippen LogP contribution in [0.4, 0.5) is 4.39 Å². The van der Waals surface area contributed by atoms with Crippen LogP contribution in [-0.4, -0.2) is 37.0 Å². The average molecular weight is 336 g/mol. The van der Waals surface area contributed by atoms with Gasteiger partial charge < -0.3 is 15.4 Å². The molecule has 0 aliphatic rings. The fourth-order valence-electron chi connectivity index (χ4n) is 2.13. The van der Waals surface area contributed by atoms with E-state index >= 15 is 0 Å². The first kappa shape index (κ1) is 19.3. The van der Waals surface area contributed by atoms with Crippen LogP contribution in [0.15, 0.2) is 36.9 Å². The van der Waals surface area contributed by atoms with Gasteiger partial charge >= 0.3 is 5.97 Å². The Morgan fingerprint density at radius 3 is 2.46 bits per heavy atom. The van der Waals surface area contributed by atoms with Gasteiger partial charge in [-0.1, -0.05) is 24.3 Å². The fourth-order valence-corrected chi connectivity index (χ4v) is 2.13. The minimum Gasteiger partial charge on any atom is -0.467 e. The van der Waals surface area contributed by atoms with E-state index in [1.807, 2.05) is 0 Å². The quantitative estimate of drug-likeness (QED) is 0.550. The van der Waals surface area contributed by atoms with Crippen LogP contribution in [0.25, 0.3) is 0 Å². The van der Waals surface area contributed by atoms with E-state index in [0.717, 1.165) is 0 Å². The summed E-state index contributed by atoms with van der Waals surface area (Å²) < 4.78 is 18.4. The van der Waals surface area contributed by atoms with E-state index in [0.29, 0.717) is 0 Å². The lowest BCUT2D eigenvalue weighted by Crippen LogP contribution is -2.52. The van der Waals surface area contributed by atoms with Crippen LogP contribution in [0.1, 0.15) is 18.9 Å². The van der Waals surface area contributed by atoms with Crippen molar-refractivity contribution in [2.45, 2.75) is 31.8 Å². The molecule has 6 nitrogen and oxygen atoms in total. The number of methoxy groups -OCH3 is 1. The number of carbonyl (C=O) groups excluding carboxylic acids is 3. The molecule has 2 N–H and O–H groups in total. The lowest BCUT2D eigenvalue weighted by Gasteiger charge is -2.21. The molecular weight excluding hydrogens is 315 g/mol. The molecule has 2 atom stereocenters. The van der Waals surface area contributed by atoms with Gasteiger partial charge in [0.25, 0.3) is 0 Å². The summed E-state index contributed by atoms with van der Waals surface area (Å²) in [6.45, 7) is 4.77. The normalized spacial score (nSPS) is 12.6. The molecule has 0 aliphatic carbocycles. The minimum absolute atomic E-state index is 0.0416. The SMILES string of the molecule is C=CC[C@H](NC(=O)[C@H](Cc1ccccc1F)NC(C)=O)C(=O)OC. The number of rotatable bonds is 8. The highest BCUT2D eigenvalue weighted by atomic mass is 19.1. The van der Waals surface area contributed by atoms with E-state index in [4.69, 9.17) is 0 Å². The molecule has 1 aromatic carbocycles. The van der Waals surface area contributed by atoms with Crippen LogP contribution in [0.5, 0.6) is 0 Å². The molecule has 0 unspecified atom stereocenters. The molecule has 0 aliphatic heterocycles. The van der Waals surface area contributed by atoms with Gasteiger partial charge in [0.05, 0.1) is 7.11 Å². The number of carbonyl (C=O) groups is 3. The number of nitrogens with one attached hydrogen (secondary N) is 2. The number of amides is 2. The summed E-state index contributed by atoms with van der Waals surface area (Å²) >= 11 is 0. The second-order valence-corrected chi connectivity index (χ2v) is 5.16. The Morgan fingerprint density at radius 2 is 1.92 bits per heavy atom. The van der Waals surface area contributed by atoms with Crippen LogP contribution in [0.2, 0.25) is 0 Å². The number of esters is 1. The Balaban J connectivity index is 2.91. The number of hydrogen-bond acceptors (Lipinski definition) is 4. The van der Waals surface area contributed by atoms with E-state index in [1.165, 1.54) is 38.3 Å². The van der Waals surface area contributed by atoms with Gasteiger partial charge in [0, 0.05) is 13.3 Å². The zero-order chi connectivity index (χ0) is 18.1. The van der Waals surface area contributed by atoms with Crippen molar-refractivity contribution in [2.75, 3.05) is 7.11 Å². The van der Waals surface area contributed by atoms with Crippen LogP contribution < -0.4 is 10.6 Å². The molecule has 0 aromatic heterocycles. The lowest BCUT2D eigenvalue weighted by molar-refractivity contribution is -0.145. The van der Waals surface area contributed by atoms with Crippen molar-refractivity contribution in [3.63, 3.8) is 0 Å². The minimum atomic E-state index is -1.02. The van der Waals surface area contributed by atoms with Gasteiger partial charge in [-0.2, -0.15) is 0 Å². The summed E-state index contributed by atoms with van der Waals surface area (Å²) in [7, 11) is 1.20. The molecular formula is C17H21FN2O4. The maximum atomic E-state index is 13.8. The maximum Gasteiger partial charge on any atom is 0.328 e. The van der Waals surface area contributed by atoms with E-state index in [1.54, 1.807) is 6.07 Å². The topological polar surface area (TPSA) is 84.5 Å². The van der Waals surface area contributed by atoms with Crippen LogP contribution in [-0.2, 0) is 25.5 Å². The van der Waals surface area contributed by atoms with Gasteiger partial charge in [0.1, 0.15) is 17.9 Å². The van der Waals surface area contributed by atoms with E-state index in [-0.39, 0.29) is 18.4 Å². The third kappa shape index (κ3) is 5.83. The Kier molecular flexibility index (Phi) is 7.61. The summed E-state index contributed by atoms with van der Waals surface area (Å²) in [6.07, 6.45) is 1.59. The monoisotopic (exact) mass is 336 g/mol. The molecule has 1 rings (SSSR count). The van der Waals surface area contributed by atoms with Crippen LogP contribution in [0.3, 0.4) is 0 Å². The first-order valence-electron chi connectivity index (χ1n) is 7.38. The summed E-state index contributed by atoms with van der Waals surface area (Å²) in [4.78, 5) is 35.4.